The molecule has 1 unspecified atom stereocenters. The topological polar surface area (TPSA) is 99.2 Å². The summed E-state index contributed by atoms with van der Waals surface area (Å²) >= 11 is 0. The van der Waals surface area contributed by atoms with E-state index in [-0.39, 0.29) is 10.7 Å². The van der Waals surface area contributed by atoms with Gasteiger partial charge in [0.1, 0.15) is 10.6 Å². The summed E-state index contributed by atoms with van der Waals surface area (Å²) in [7, 11) is -0.534. The Morgan fingerprint density at radius 1 is 1.33 bits per heavy atom. The second-order valence-corrected chi connectivity index (χ2v) is 6.35. The average molecular weight is 310 g/mol. The summed E-state index contributed by atoms with van der Waals surface area (Å²) < 4.78 is 33.6. The lowest BCUT2D eigenvalue weighted by molar-refractivity contribution is 0.414. The zero-order chi connectivity index (χ0) is 15.6. The number of nitrogens with zero attached hydrogens (tertiary/aromatic N) is 2. The van der Waals surface area contributed by atoms with Crippen LogP contribution >= 0.6 is 0 Å². The van der Waals surface area contributed by atoms with Crippen molar-refractivity contribution in [2.75, 3.05) is 12.8 Å². The number of rotatable bonds is 5. The van der Waals surface area contributed by atoms with Crippen LogP contribution < -0.4 is 15.2 Å². The second-order valence-electron chi connectivity index (χ2n) is 4.67. The first-order valence-corrected chi connectivity index (χ1v) is 7.77. The maximum Gasteiger partial charge on any atom is 0.246 e. The van der Waals surface area contributed by atoms with Crippen molar-refractivity contribution in [3.63, 3.8) is 0 Å². The van der Waals surface area contributed by atoms with Gasteiger partial charge in [-0.15, -0.1) is 0 Å². The van der Waals surface area contributed by atoms with Crippen molar-refractivity contribution in [3.8, 4) is 5.75 Å². The molecule has 1 atom stereocenters. The van der Waals surface area contributed by atoms with Gasteiger partial charge in [-0.05, 0) is 24.6 Å². The van der Waals surface area contributed by atoms with Crippen molar-refractivity contribution in [1.29, 1.82) is 0 Å². The summed E-state index contributed by atoms with van der Waals surface area (Å²) in [6.07, 6.45) is 1.37. The summed E-state index contributed by atoms with van der Waals surface area (Å²) in [6.45, 7) is 1.76. The fourth-order valence-corrected chi connectivity index (χ4v) is 3.28. The van der Waals surface area contributed by atoms with Gasteiger partial charge in [-0.3, -0.25) is 4.68 Å². The Hall–Kier alpha value is -2.06. The normalized spacial score (nSPS) is 13.1. The molecule has 3 N–H and O–H groups in total. The number of anilines is 1. The Labute approximate surface area is 123 Å². The fraction of sp³-hybridized carbons (Fsp3) is 0.308. The minimum atomic E-state index is -3.72. The lowest BCUT2D eigenvalue weighted by atomic mass is 10.1. The Bertz CT molecular complexity index is 722. The van der Waals surface area contributed by atoms with Crippen molar-refractivity contribution in [2.24, 2.45) is 7.05 Å². The zero-order valence-corrected chi connectivity index (χ0v) is 12.9. The molecule has 2 rings (SSSR count). The van der Waals surface area contributed by atoms with Gasteiger partial charge in [-0.2, -0.15) is 5.10 Å². The molecule has 0 radical (unpaired) electrons. The van der Waals surface area contributed by atoms with E-state index in [1.165, 1.54) is 10.9 Å². The highest BCUT2D eigenvalue weighted by molar-refractivity contribution is 7.89. The zero-order valence-electron chi connectivity index (χ0n) is 12.1. The average Bonchev–Trinajstić information content (AvgIpc) is 2.78. The molecule has 1 aromatic carbocycles. The molecular formula is C13H18N4O3S. The molecule has 0 saturated heterocycles. The number of nitrogens with two attached hydrogens (primary N) is 1. The summed E-state index contributed by atoms with van der Waals surface area (Å²) in [5.74, 6) is 0.692. The summed E-state index contributed by atoms with van der Waals surface area (Å²) in [5, 5.41) is 3.84. The van der Waals surface area contributed by atoms with Gasteiger partial charge in [0.25, 0.3) is 0 Å². The van der Waals surface area contributed by atoms with Crippen LogP contribution in [0, 0.1) is 0 Å². The van der Waals surface area contributed by atoms with E-state index < -0.39 is 16.1 Å². The van der Waals surface area contributed by atoms with Crippen LogP contribution in [0.15, 0.2) is 35.4 Å². The van der Waals surface area contributed by atoms with Crippen LogP contribution in [-0.4, -0.2) is 25.3 Å². The third-order valence-corrected chi connectivity index (χ3v) is 4.62. The van der Waals surface area contributed by atoms with E-state index in [0.717, 1.165) is 5.56 Å². The molecule has 2 aromatic rings. The van der Waals surface area contributed by atoms with E-state index >= 15 is 0 Å². The van der Waals surface area contributed by atoms with E-state index in [1.807, 2.05) is 0 Å². The third-order valence-electron chi connectivity index (χ3n) is 3.06. The van der Waals surface area contributed by atoms with Crippen LogP contribution in [-0.2, 0) is 17.1 Å². The van der Waals surface area contributed by atoms with Crippen LogP contribution in [0.4, 0.5) is 5.82 Å². The molecule has 1 aromatic heterocycles. The maximum atomic E-state index is 12.3. The Morgan fingerprint density at radius 2 is 1.95 bits per heavy atom. The number of benzene rings is 1. The van der Waals surface area contributed by atoms with E-state index in [2.05, 4.69) is 9.82 Å². The molecule has 0 bridgehead atoms. The number of methoxy groups -OCH3 is 1. The number of ether oxygens (including phenoxy) is 1. The standard InChI is InChI=1S/C13H18N4O3S/c1-9(10-4-6-11(20-3)7-5-10)16-21(18,19)12-8-17(2)15-13(12)14/h4-9,16H,1-3H3,(H2,14,15). The summed E-state index contributed by atoms with van der Waals surface area (Å²) in [6, 6.07) is 6.76. The molecule has 0 saturated carbocycles. The number of nitrogen functional groups attached to an aromatic ring is 1. The van der Waals surface area contributed by atoms with E-state index in [1.54, 1.807) is 45.3 Å². The van der Waals surface area contributed by atoms with Gasteiger partial charge in [0.15, 0.2) is 5.82 Å². The molecule has 0 spiro atoms. The number of aryl methyl sites for hydroxylation is 1. The van der Waals surface area contributed by atoms with Crippen molar-refractivity contribution in [3.05, 3.63) is 36.0 Å². The molecule has 0 amide bonds. The van der Waals surface area contributed by atoms with Crippen LogP contribution in [0.3, 0.4) is 0 Å². The number of aromatic nitrogens is 2. The number of sulfonamides is 1. The molecule has 8 heteroatoms. The van der Waals surface area contributed by atoms with E-state index in [4.69, 9.17) is 10.5 Å². The first kappa shape index (κ1) is 15.3. The molecular weight excluding hydrogens is 292 g/mol. The number of hydrogen-bond acceptors (Lipinski definition) is 5. The largest absolute Gasteiger partial charge is 0.497 e. The van der Waals surface area contributed by atoms with Gasteiger partial charge < -0.3 is 10.5 Å². The monoisotopic (exact) mass is 310 g/mol. The lowest BCUT2D eigenvalue weighted by Crippen LogP contribution is -2.27. The van der Waals surface area contributed by atoms with Gasteiger partial charge in [0.2, 0.25) is 10.0 Å². The van der Waals surface area contributed by atoms with Crippen molar-refractivity contribution in [2.45, 2.75) is 17.9 Å². The van der Waals surface area contributed by atoms with Gasteiger partial charge >= 0.3 is 0 Å². The third kappa shape index (κ3) is 3.34. The lowest BCUT2D eigenvalue weighted by Gasteiger charge is -2.14. The SMILES string of the molecule is COc1ccc(C(C)NS(=O)(=O)c2cn(C)nc2N)cc1. The molecule has 0 aliphatic heterocycles. The summed E-state index contributed by atoms with van der Waals surface area (Å²) in [4.78, 5) is -0.0228. The Morgan fingerprint density at radius 3 is 2.43 bits per heavy atom. The Kier molecular flexibility index (Phi) is 4.19. The number of hydrogen-bond donors (Lipinski definition) is 2. The van der Waals surface area contributed by atoms with Crippen molar-refractivity contribution in [1.82, 2.24) is 14.5 Å². The quantitative estimate of drug-likeness (QED) is 0.860. The van der Waals surface area contributed by atoms with Gasteiger partial charge in [0, 0.05) is 19.3 Å². The smallest absolute Gasteiger partial charge is 0.246 e. The summed E-state index contributed by atoms with van der Waals surface area (Å²) in [5.41, 5.74) is 6.43. The highest BCUT2D eigenvalue weighted by atomic mass is 32.2. The first-order chi connectivity index (χ1) is 9.83. The van der Waals surface area contributed by atoms with Crippen LogP contribution in [0.2, 0.25) is 0 Å². The highest BCUT2D eigenvalue weighted by Gasteiger charge is 2.23. The minimum Gasteiger partial charge on any atom is -0.497 e. The van der Waals surface area contributed by atoms with E-state index in [9.17, 15) is 8.42 Å². The van der Waals surface area contributed by atoms with Gasteiger partial charge in [-0.25, -0.2) is 13.1 Å². The van der Waals surface area contributed by atoms with Crippen LogP contribution in [0.25, 0.3) is 0 Å². The molecule has 21 heavy (non-hydrogen) atoms. The Balaban J connectivity index is 2.21. The molecule has 0 fully saturated rings. The van der Waals surface area contributed by atoms with Crippen LogP contribution in [0.1, 0.15) is 18.5 Å². The fourth-order valence-electron chi connectivity index (χ4n) is 1.95. The molecule has 0 aliphatic rings. The predicted molar refractivity (Wildman–Crippen MR) is 79.4 cm³/mol. The van der Waals surface area contributed by atoms with Crippen LogP contribution in [0.5, 0.6) is 5.75 Å². The van der Waals surface area contributed by atoms with E-state index in [0.29, 0.717) is 5.75 Å². The van der Waals surface area contributed by atoms with Gasteiger partial charge in [0.05, 0.1) is 7.11 Å². The number of nitrogens with one attached hydrogen (secondary N) is 1. The second kappa shape index (κ2) is 5.74. The predicted octanol–water partition coefficient (Wildman–Crippen LogP) is 1.05. The first-order valence-electron chi connectivity index (χ1n) is 6.29. The molecule has 114 valence electrons. The maximum absolute atomic E-state index is 12.3. The highest BCUT2D eigenvalue weighted by Crippen LogP contribution is 2.21. The molecule has 7 nitrogen and oxygen atoms in total. The van der Waals surface area contributed by atoms with Crippen molar-refractivity contribution >= 4 is 15.8 Å². The van der Waals surface area contributed by atoms with Gasteiger partial charge in [-0.1, -0.05) is 12.1 Å². The van der Waals surface area contributed by atoms with Crippen molar-refractivity contribution < 1.29 is 13.2 Å². The molecule has 0 aliphatic carbocycles. The minimum absolute atomic E-state index is 0.0214. The molecule has 1 heterocycles.